The van der Waals surface area contributed by atoms with Crippen molar-refractivity contribution in [3.05, 3.63) is 0 Å². The standard InChI is InChI=1S/C8H14O6/c1-2-3-4-5(6(9)10)8(13,14)7(11)12/h5,13-14H,2-4H2,1H3,(H,9,10)(H,11,12). The van der Waals surface area contributed by atoms with Crippen molar-refractivity contribution in [2.45, 2.75) is 32.0 Å². The van der Waals surface area contributed by atoms with Gasteiger partial charge in [0.05, 0.1) is 0 Å². The fourth-order valence-electron chi connectivity index (χ4n) is 1.05. The summed E-state index contributed by atoms with van der Waals surface area (Å²) in [6, 6.07) is 0. The van der Waals surface area contributed by atoms with Crippen molar-refractivity contribution in [3.63, 3.8) is 0 Å². The van der Waals surface area contributed by atoms with Gasteiger partial charge < -0.3 is 20.4 Å². The molecule has 0 saturated carbocycles. The molecule has 0 fully saturated rings. The lowest BCUT2D eigenvalue weighted by atomic mass is 9.93. The molecule has 1 unspecified atom stereocenters. The molecule has 0 aromatic heterocycles. The Bertz CT molecular complexity index is 222. The number of aliphatic hydroxyl groups is 2. The molecular weight excluding hydrogens is 192 g/mol. The maximum atomic E-state index is 10.6. The van der Waals surface area contributed by atoms with Crippen LogP contribution in [0.25, 0.3) is 0 Å². The number of unbranched alkanes of at least 4 members (excludes halogenated alkanes) is 1. The first-order valence-electron chi connectivity index (χ1n) is 4.25. The van der Waals surface area contributed by atoms with Crippen LogP contribution in [0, 0.1) is 5.92 Å². The predicted molar refractivity (Wildman–Crippen MR) is 45.5 cm³/mol. The molecule has 0 bridgehead atoms. The van der Waals surface area contributed by atoms with Crippen LogP contribution in [0.15, 0.2) is 0 Å². The van der Waals surface area contributed by atoms with Crippen LogP contribution < -0.4 is 0 Å². The molecule has 6 nitrogen and oxygen atoms in total. The van der Waals surface area contributed by atoms with E-state index < -0.39 is 23.6 Å². The quantitative estimate of drug-likeness (QED) is 0.441. The molecule has 0 rings (SSSR count). The summed E-state index contributed by atoms with van der Waals surface area (Å²) in [7, 11) is 0. The Morgan fingerprint density at radius 3 is 2.07 bits per heavy atom. The maximum Gasteiger partial charge on any atom is 0.364 e. The summed E-state index contributed by atoms with van der Waals surface area (Å²) >= 11 is 0. The molecule has 4 N–H and O–H groups in total. The Morgan fingerprint density at radius 1 is 1.29 bits per heavy atom. The summed E-state index contributed by atoms with van der Waals surface area (Å²) in [5, 5.41) is 35.0. The van der Waals surface area contributed by atoms with Crippen LogP contribution in [0.1, 0.15) is 26.2 Å². The highest BCUT2D eigenvalue weighted by Crippen LogP contribution is 2.21. The molecule has 0 radical (unpaired) electrons. The predicted octanol–water partition coefficient (Wildman–Crippen LogP) is -0.357. The van der Waals surface area contributed by atoms with Crippen LogP contribution >= 0.6 is 0 Å². The molecule has 0 aromatic rings. The average molecular weight is 206 g/mol. The van der Waals surface area contributed by atoms with E-state index >= 15 is 0 Å². The van der Waals surface area contributed by atoms with E-state index in [-0.39, 0.29) is 6.42 Å². The van der Waals surface area contributed by atoms with E-state index in [1.807, 2.05) is 0 Å². The zero-order valence-corrected chi connectivity index (χ0v) is 7.80. The van der Waals surface area contributed by atoms with Gasteiger partial charge in [-0.05, 0) is 6.42 Å². The van der Waals surface area contributed by atoms with Crippen molar-refractivity contribution < 1.29 is 30.0 Å². The van der Waals surface area contributed by atoms with Gasteiger partial charge in [0, 0.05) is 0 Å². The van der Waals surface area contributed by atoms with Crippen LogP contribution in [-0.2, 0) is 9.59 Å². The number of carboxylic acids is 2. The third-order valence-corrected chi connectivity index (χ3v) is 1.95. The average Bonchev–Trinajstić information content (AvgIpc) is 2.03. The molecule has 0 saturated heterocycles. The Hall–Kier alpha value is -1.14. The first-order valence-corrected chi connectivity index (χ1v) is 4.25. The molecule has 14 heavy (non-hydrogen) atoms. The zero-order chi connectivity index (χ0) is 11.4. The van der Waals surface area contributed by atoms with Gasteiger partial charge in [0.15, 0.2) is 0 Å². The fraction of sp³-hybridized carbons (Fsp3) is 0.750. The van der Waals surface area contributed by atoms with Gasteiger partial charge >= 0.3 is 11.9 Å². The second-order valence-electron chi connectivity index (χ2n) is 3.06. The Labute approximate surface area is 80.8 Å². The van der Waals surface area contributed by atoms with Crippen LogP contribution in [0.4, 0.5) is 0 Å². The Balaban J connectivity index is 4.64. The number of hydrogen-bond donors (Lipinski definition) is 4. The van der Waals surface area contributed by atoms with Crippen LogP contribution in [0.5, 0.6) is 0 Å². The first kappa shape index (κ1) is 12.9. The number of hydrogen-bond acceptors (Lipinski definition) is 4. The number of carbonyl (C=O) groups is 2. The Morgan fingerprint density at radius 2 is 1.79 bits per heavy atom. The third-order valence-electron chi connectivity index (χ3n) is 1.95. The minimum atomic E-state index is -3.19. The fourth-order valence-corrected chi connectivity index (χ4v) is 1.05. The van der Waals surface area contributed by atoms with Crippen molar-refractivity contribution in [3.8, 4) is 0 Å². The van der Waals surface area contributed by atoms with E-state index in [2.05, 4.69) is 0 Å². The van der Waals surface area contributed by atoms with E-state index in [4.69, 9.17) is 20.4 Å². The number of carboxylic acid groups (broad SMARTS) is 2. The normalized spacial score (nSPS) is 13.6. The Kier molecular flexibility index (Phi) is 4.52. The monoisotopic (exact) mass is 206 g/mol. The van der Waals surface area contributed by atoms with Gasteiger partial charge in [-0.15, -0.1) is 0 Å². The van der Waals surface area contributed by atoms with Gasteiger partial charge in [0.25, 0.3) is 5.79 Å². The molecule has 6 heteroatoms. The maximum absolute atomic E-state index is 10.6. The smallest absolute Gasteiger partial charge is 0.364 e. The minimum Gasteiger partial charge on any atom is -0.481 e. The zero-order valence-electron chi connectivity index (χ0n) is 7.80. The summed E-state index contributed by atoms with van der Waals surface area (Å²) < 4.78 is 0. The van der Waals surface area contributed by atoms with Gasteiger partial charge in [-0.3, -0.25) is 4.79 Å². The molecule has 0 heterocycles. The summed E-state index contributed by atoms with van der Waals surface area (Å²) in [6.45, 7) is 1.79. The van der Waals surface area contributed by atoms with Crippen LogP contribution in [0.2, 0.25) is 0 Å². The van der Waals surface area contributed by atoms with Gasteiger partial charge in [-0.2, -0.15) is 0 Å². The molecule has 0 amide bonds. The van der Waals surface area contributed by atoms with Gasteiger partial charge in [-0.25, -0.2) is 4.79 Å². The van der Waals surface area contributed by atoms with E-state index in [1.165, 1.54) is 0 Å². The summed E-state index contributed by atoms with van der Waals surface area (Å²) in [5.74, 6) is -8.35. The number of aliphatic carboxylic acids is 2. The molecule has 0 spiro atoms. The topological polar surface area (TPSA) is 115 Å². The van der Waals surface area contributed by atoms with E-state index in [0.717, 1.165) is 0 Å². The van der Waals surface area contributed by atoms with Crippen molar-refractivity contribution >= 4 is 11.9 Å². The molecule has 0 aliphatic heterocycles. The summed E-state index contributed by atoms with van der Waals surface area (Å²) in [6.07, 6.45) is 0.998. The lowest BCUT2D eigenvalue weighted by Gasteiger charge is -2.23. The number of rotatable bonds is 6. The van der Waals surface area contributed by atoms with Crippen LogP contribution in [-0.4, -0.2) is 38.2 Å². The lowest BCUT2D eigenvalue weighted by Crippen LogP contribution is -2.49. The van der Waals surface area contributed by atoms with Crippen molar-refractivity contribution in [2.24, 2.45) is 5.92 Å². The highest BCUT2D eigenvalue weighted by atomic mass is 16.5. The van der Waals surface area contributed by atoms with Gasteiger partial charge in [0.2, 0.25) is 0 Å². The van der Waals surface area contributed by atoms with Gasteiger partial charge in [-0.1, -0.05) is 19.8 Å². The van der Waals surface area contributed by atoms with E-state index in [9.17, 15) is 9.59 Å². The second-order valence-corrected chi connectivity index (χ2v) is 3.06. The SMILES string of the molecule is CCCCC(C(=O)O)C(O)(O)C(=O)O. The third kappa shape index (κ3) is 2.97. The highest BCUT2D eigenvalue weighted by molar-refractivity contribution is 5.83. The summed E-state index contributed by atoms with van der Waals surface area (Å²) in [5.41, 5.74) is 0. The second kappa shape index (κ2) is 4.92. The van der Waals surface area contributed by atoms with Gasteiger partial charge in [0.1, 0.15) is 5.92 Å². The summed E-state index contributed by atoms with van der Waals surface area (Å²) in [4.78, 5) is 20.9. The highest BCUT2D eigenvalue weighted by Gasteiger charge is 2.46. The largest absolute Gasteiger partial charge is 0.481 e. The minimum absolute atomic E-state index is 0.0782. The first-order chi connectivity index (χ1) is 6.34. The lowest BCUT2D eigenvalue weighted by molar-refractivity contribution is -0.227. The molecule has 0 aliphatic carbocycles. The van der Waals surface area contributed by atoms with Crippen molar-refractivity contribution in [1.82, 2.24) is 0 Å². The van der Waals surface area contributed by atoms with E-state index in [0.29, 0.717) is 12.8 Å². The van der Waals surface area contributed by atoms with Crippen molar-refractivity contribution in [2.75, 3.05) is 0 Å². The van der Waals surface area contributed by atoms with Crippen molar-refractivity contribution in [1.29, 1.82) is 0 Å². The molecule has 82 valence electrons. The van der Waals surface area contributed by atoms with E-state index in [1.54, 1.807) is 6.92 Å². The molecule has 0 aliphatic rings. The molecular formula is C8H14O6. The van der Waals surface area contributed by atoms with Crippen LogP contribution in [0.3, 0.4) is 0 Å². The molecule has 1 atom stereocenters. The molecule has 0 aromatic carbocycles.